The third-order valence-electron chi connectivity index (χ3n) is 5.29. The van der Waals surface area contributed by atoms with Crippen molar-refractivity contribution in [2.24, 2.45) is 7.05 Å². The number of aryl methyl sites for hydroxylation is 2. The highest BCUT2D eigenvalue weighted by molar-refractivity contribution is 5.93. The summed E-state index contributed by atoms with van der Waals surface area (Å²) in [5.74, 6) is 0.818. The van der Waals surface area contributed by atoms with E-state index >= 15 is 0 Å². The molecular formula is C19H24N8O. The topological polar surface area (TPSA) is 92.1 Å². The number of rotatable bonds is 4. The molecule has 2 aromatic heterocycles. The molecule has 0 saturated carbocycles. The maximum absolute atomic E-state index is 12.5. The number of carbonyl (C=O) groups is 1. The number of benzene rings is 1. The summed E-state index contributed by atoms with van der Waals surface area (Å²) in [5.41, 5.74) is 4.60. The van der Waals surface area contributed by atoms with Gasteiger partial charge in [-0.25, -0.2) is 14.6 Å². The molecule has 1 fully saturated rings. The van der Waals surface area contributed by atoms with Gasteiger partial charge in [0.15, 0.2) is 17.0 Å². The van der Waals surface area contributed by atoms with Gasteiger partial charge < -0.3 is 10.2 Å². The smallest absolute Gasteiger partial charge is 0.238 e. The van der Waals surface area contributed by atoms with Gasteiger partial charge in [0, 0.05) is 38.9 Å². The Bertz CT molecular complexity index is 1010. The third-order valence-corrected chi connectivity index (χ3v) is 5.29. The van der Waals surface area contributed by atoms with Gasteiger partial charge >= 0.3 is 0 Å². The Morgan fingerprint density at radius 3 is 2.71 bits per heavy atom. The molecule has 0 bridgehead atoms. The van der Waals surface area contributed by atoms with Gasteiger partial charge in [0.05, 0.1) is 6.54 Å². The monoisotopic (exact) mass is 380 g/mol. The van der Waals surface area contributed by atoms with E-state index in [1.165, 1.54) is 5.56 Å². The maximum Gasteiger partial charge on any atom is 0.238 e. The van der Waals surface area contributed by atoms with E-state index in [9.17, 15) is 4.79 Å². The molecule has 1 aromatic carbocycles. The van der Waals surface area contributed by atoms with Gasteiger partial charge in [0.2, 0.25) is 5.91 Å². The first kappa shape index (κ1) is 18.3. The quantitative estimate of drug-likeness (QED) is 0.725. The SMILES string of the molecule is Cc1cccc(NC(=O)CN2CCN(c3ncnc4c3nnn4C)CC2)c1C. The predicted molar refractivity (Wildman–Crippen MR) is 107 cm³/mol. The summed E-state index contributed by atoms with van der Waals surface area (Å²) in [7, 11) is 1.82. The molecule has 9 nitrogen and oxygen atoms in total. The van der Waals surface area contributed by atoms with Gasteiger partial charge in [-0.2, -0.15) is 0 Å². The maximum atomic E-state index is 12.5. The second kappa shape index (κ2) is 7.51. The van der Waals surface area contributed by atoms with Crippen molar-refractivity contribution in [2.75, 3.05) is 42.9 Å². The lowest BCUT2D eigenvalue weighted by molar-refractivity contribution is -0.117. The first-order valence-corrected chi connectivity index (χ1v) is 9.36. The third kappa shape index (κ3) is 3.53. The lowest BCUT2D eigenvalue weighted by Crippen LogP contribution is -2.49. The number of anilines is 2. The zero-order valence-corrected chi connectivity index (χ0v) is 16.4. The van der Waals surface area contributed by atoms with Crippen LogP contribution in [0.2, 0.25) is 0 Å². The van der Waals surface area contributed by atoms with E-state index in [-0.39, 0.29) is 5.91 Å². The molecule has 0 unspecified atom stereocenters. The van der Waals surface area contributed by atoms with Crippen molar-refractivity contribution >= 4 is 28.6 Å². The largest absolute Gasteiger partial charge is 0.352 e. The van der Waals surface area contributed by atoms with E-state index in [1.54, 1.807) is 11.0 Å². The Hall–Kier alpha value is -3.07. The molecule has 9 heteroatoms. The van der Waals surface area contributed by atoms with Crippen molar-refractivity contribution in [3.8, 4) is 0 Å². The highest BCUT2D eigenvalue weighted by Crippen LogP contribution is 2.21. The molecule has 0 radical (unpaired) electrons. The van der Waals surface area contributed by atoms with Crippen molar-refractivity contribution in [3.63, 3.8) is 0 Å². The minimum Gasteiger partial charge on any atom is -0.352 e. The minimum atomic E-state index is 0.0144. The van der Waals surface area contributed by atoms with Crippen LogP contribution in [0.1, 0.15) is 11.1 Å². The molecule has 1 aliphatic heterocycles. The number of carbonyl (C=O) groups excluding carboxylic acids is 1. The predicted octanol–water partition coefficient (Wildman–Crippen LogP) is 1.14. The molecule has 1 aliphatic rings. The summed E-state index contributed by atoms with van der Waals surface area (Å²) < 4.78 is 1.65. The molecule has 0 spiro atoms. The fraction of sp³-hybridized carbons (Fsp3) is 0.421. The first-order valence-electron chi connectivity index (χ1n) is 9.36. The number of fused-ring (bicyclic) bond motifs is 1. The van der Waals surface area contributed by atoms with Gasteiger partial charge in [-0.3, -0.25) is 9.69 Å². The van der Waals surface area contributed by atoms with Crippen LogP contribution in [0.4, 0.5) is 11.5 Å². The van der Waals surface area contributed by atoms with Crippen LogP contribution < -0.4 is 10.2 Å². The summed E-state index contributed by atoms with van der Waals surface area (Å²) in [5, 5.41) is 11.3. The number of aromatic nitrogens is 5. The molecular weight excluding hydrogens is 356 g/mol. The van der Waals surface area contributed by atoms with E-state index in [0.29, 0.717) is 12.1 Å². The first-order chi connectivity index (χ1) is 13.5. The zero-order valence-electron chi connectivity index (χ0n) is 16.4. The molecule has 3 aromatic rings. The minimum absolute atomic E-state index is 0.0144. The number of amides is 1. The molecule has 1 N–H and O–H groups in total. The average molecular weight is 380 g/mol. The molecule has 28 heavy (non-hydrogen) atoms. The Morgan fingerprint density at radius 1 is 1.14 bits per heavy atom. The van der Waals surface area contributed by atoms with Crippen LogP contribution in [0.5, 0.6) is 0 Å². The summed E-state index contributed by atoms with van der Waals surface area (Å²) in [4.78, 5) is 25.4. The normalized spacial score (nSPS) is 15.2. The number of hydrogen-bond acceptors (Lipinski definition) is 7. The van der Waals surface area contributed by atoms with Crippen LogP contribution in [0, 0.1) is 13.8 Å². The molecule has 3 heterocycles. The van der Waals surface area contributed by atoms with Crippen molar-refractivity contribution in [3.05, 3.63) is 35.7 Å². The highest BCUT2D eigenvalue weighted by atomic mass is 16.2. The molecule has 0 aliphatic carbocycles. The van der Waals surface area contributed by atoms with Gasteiger partial charge in [-0.1, -0.05) is 17.3 Å². The second-order valence-corrected chi connectivity index (χ2v) is 7.14. The fourth-order valence-electron chi connectivity index (χ4n) is 3.47. The van der Waals surface area contributed by atoms with E-state index in [4.69, 9.17) is 0 Å². The van der Waals surface area contributed by atoms with Gasteiger partial charge in [-0.15, -0.1) is 5.10 Å². The van der Waals surface area contributed by atoms with Crippen LogP contribution in [-0.4, -0.2) is 68.5 Å². The van der Waals surface area contributed by atoms with Crippen molar-refractivity contribution < 1.29 is 4.79 Å². The van der Waals surface area contributed by atoms with Crippen LogP contribution in [0.15, 0.2) is 24.5 Å². The highest BCUT2D eigenvalue weighted by Gasteiger charge is 2.23. The Morgan fingerprint density at radius 2 is 1.93 bits per heavy atom. The van der Waals surface area contributed by atoms with Crippen molar-refractivity contribution in [1.82, 2.24) is 29.9 Å². The zero-order chi connectivity index (χ0) is 19.7. The van der Waals surface area contributed by atoms with E-state index in [0.717, 1.165) is 48.9 Å². The summed E-state index contributed by atoms with van der Waals surface area (Å²) >= 11 is 0. The lowest BCUT2D eigenvalue weighted by Gasteiger charge is -2.34. The number of piperazine rings is 1. The summed E-state index contributed by atoms with van der Waals surface area (Å²) in [6, 6.07) is 5.95. The fourth-order valence-corrected chi connectivity index (χ4v) is 3.47. The molecule has 1 amide bonds. The van der Waals surface area contributed by atoms with Crippen LogP contribution in [0.3, 0.4) is 0 Å². The lowest BCUT2D eigenvalue weighted by atomic mass is 10.1. The molecule has 0 atom stereocenters. The van der Waals surface area contributed by atoms with Crippen LogP contribution >= 0.6 is 0 Å². The summed E-state index contributed by atoms with van der Waals surface area (Å²) in [6.45, 7) is 7.58. The van der Waals surface area contributed by atoms with Gasteiger partial charge in [0.25, 0.3) is 0 Å². The number of hydrogen-bond donors (Lipinski definition) is 1. The summed E-state index contributed by atoms with van der Waals surface area (Å²) in [6.07, 6.45) is 1.55. The van der Waals surface area contributed by atoms with E-state index in [2.05, 4.69) is 35.4 Å². The van der Waals surface area contributed by atoms with Gasteiger partial charge in [0.1, 0.15) is 6.33 Å². The standard InChI is InChI=1S/C19H24N8O/c1-13-5-4-6-15(14(13)2)22-16(28)11-26-7-9-27(10-8-26)19-17-18(20-12-21-19)25(3)24-23-17/h4-6,12H,7-11H2,1-3H3,(H,22,28). The Labute approximate surface area is 163 Å². The second-order valence-electron chi connectivity index (χ2n) is 7.14. The van der Waals surface area contributed by atoms with Crippen LogP contribution in [0.25, 0.3) is 11.2 Å². The number of nitrogens with one attached hydrogen (secondary N) is 1. The molecule has 146 valence electrons. The van der Waals surface area contributed by atoms with Gasteiger partial charge in [-0.05, 0) is 31.0 Å². The number of nitrogens with zero attached hydrogens (tertiary/aromatic N) is 7. The van der Waals surface area contributed by atoms with Crippen molar-refractivity contribution in [2.45, 2.75) is 13.8 Å². The van der Waals surface area contributed by atoms with E-state index in [1.807, 2.05) is 39.1 Å². The molecule has 4 rings (SSSR count). The average Bonchev–Trinajstić information content (AvgIpc) is 3.07. The Balaban J connectivity index is 1.36. The molecule has 1 saturated heterocycles. The van der Waals surface area contributed by atoms with Crippen molar-refractivity contribution in [1.29, 1.82) is 0 Å². The Kier molecular flexibility index (Phi) is 4.91. The van der Waals surface area contributed by atoms with E-state index < -0.39 is 0 Å². The van der Waals surface area contributed by atoms with Crippen LogP contribution in [-0.2, 0) is 11.8 Å².